The van der Waals surface area contributed by atoms with Gasteiger partial charge in [-0.15, -0.1) is 11.3 Å². The molecule has 200 valence electrons. The van der Waals surface area contributed by atoms with Crippen LogP contribution >= 0.6 is 22.9 Å². The molecule has 38 heavy (non-hydrogen) atoms. The van der Waals surface area contributed by atoms with Gasteiger partial charge in [0.15, 0.2) is 22.2 Å². The maximum atomic E-state index is 15.8. The minimum Gasteiger partial charge on any atom is -0.481 e. The van der Waals surface area contributed by atoms with E-state index in [1.165, 1.54) is 18.4 Å². The quantitative estimate of drug-likeness (QED) is 0.490. The number of fused-ring (bicyclic) bond motifs is 5. The zero-order valence-corrected chi connectivity index (χ0v) is 21.9. The van der Waals surface area contributed by atoms with Crippen molar-refractivity contribution in [3.63, 3.8) is 0 Å². The molecule has 2 N–H and O–H groups in total. The van der Waals surface area contributed by atoms with Crippen molar-refractivity contribution in [2.24, 2.45) is 10.9 Å². The lowest BCUT2D eigenvalue weighted by molar-refractivity contribution is -0.139. The molecule has 1 saturated carbocycles. The van der Waals surface area contributed by atoms with Gasteiger partial charge >= 0.3 is 11.9 Å². The van der Waals surface area contributed by atoms with Crippen molar-refractivity contribution >= 4 is 40.7 Å². The number of alkyl halides is 2. The average Bonchev–Trinajstić information content (AvgIpc) is 3.19. The van der Waals surface area contributed by atoms with Gasteiger partial charge in [-0.05, 0) is 24.8 Å². The van der Waals surface area contributed by atoms with Gasteiger partial charge in [-0.25, -0.2) is 18.6 Å². The summed E-state index contributed by atoms with van der Waals surface area (Å²) >= 11 is 7.88. The van der Waals surface area contributed by atoms with Crippen LogP contribution < -0.4 is 5.32 Å². The second-order valence-corrected chi connectivity index (χ2v) is 11.6. The molecule has 1 aromatic carbocycles. The number of methoxy groups -OCH3 is 1. The number of aromatic nitrogens is 1. The maximum absolute atomic E-state index is 15.8. The van der Waals surface area contributed by atoms with Crippen molar-refractivity contribution in [2.45, 2.75) is 55.1 Å². The number of aliphatic carboxylic acids is 1. The van der Waals surface area contributed by atoms with Crippen LogP contribution in [0.15, 0.2) is 52.1 Å². The van der Waals surface area contributed by atoms with Crippen molar-refractivity contribution in [3.8, 4) is 0 Å². The molecule has 8 nitrogen and oxygen atoms in total. The Morgan fingerprint density at radius 1 is 1.26 bits per heavy atom. The largest absolute Gasteiger partial charge is 0.481 e. The predicted molar refractivity (Wildman–Crippen MR) is 137 cm³/mol. The summed E-state index contributed by atoms with van der Waals surface area (Å²) in [6.45, 7) is 0.0300. The molecular weight excluding hydrogens is 538 g/mol. The first-order valence-electron chi connectivity index (χ1n) is 12.3. The van der Waals surface area contributed by atoms with Gasteiger partial charge in [0, 0.05) is 59.3 Å². The smallest absolute Gasteiger partial charge is 0.338 e. The lowest BCUT2D eigenvalue weighted by atomic mass is 9.84. The highest BCUT2D eigenvalue weighted by atomic mass is 35.5. The Balaban J connectivity index is 1.42. The van der Waals surface area contributed by atoms with Crippen molar-refractivity contribution in [1.29, 1.82) is 0 Å². The third-order valence-electron chi connectivity index (χ3n) is 8.22. The fourth-order valence-corrected chi connectivity index (χ4v) is 7.32. The van der Waals surface area contributed by atoms with Crippen LogP contribution in [0.2, 0.25) is 5.02 Å². The molecule has 2 saturated heterocycles. The Labute approximate surface area is 226 Å². The third-order valence-corrected chi connectivity index (χ3v) is 9.34. The van der Waals surface area contributed by atoms with Crippen molar-refractivity contribution in [2.75, 3.05) is 13.7 Å². The van der Waals surface area contributed by atoms with Crippen LogP contribution in [0.25, 0.3) is 0 Å². The average molecular weight is 563 g/mol. The van der Waals surface area contributed by atoms with E-state index in [1.54, 1.807) is 40.7 Å². The second-order valence-electron chi connectivity index (χ2n) is 10.3. The Kier molecular flexibility index (Phi) is 6.08. The second kappa shape index (κ2) is 9.10. The minimum absolute atomic E-state index is 0.0300. The molecule has 2 bridgehead atoms. The first-order valence-corrected chi connectivity index (χ1v) is 13.6. The summed E-state index contributed by atoms with van der Waals surface area (Å²) in [5.74, 6) is -1.52. The molecule has 3 fully saturated rings. The highest BCUT2D eigenvalue weighted by molar-refractivity contribution is 7.11. The number of rotatable bonds is 7. The van der Waals surface area contributed by atoms with Gasteiger partial charge in [-0.2, -0.15) is 0 Å². The van der Waals surface area contributed by atoms with Crippen LogP contribution in [-0.4, -0.2) is 69.8 Å². The van der Waals surface area contributed by atoms with E-state index in [-0.39, 0.29) is 43.7 Å². The lowest BCUT2D eigenvalue weighted by Crippen LogP contribution is -2.52. The highest BCUT2D eigenvalue weighted by Crippen LogP contribution is 2.70. The molecule has 3 aliphatic heterocycles. The van der Waals surface area contributed by atoms with E-state index in [4.69, 9.17) is 21.3 Å². The number of esters is 1. The van der Waals surface area contributed by atoms with E-state index in [0.29, 0.717) is 27.1 Å². The van der Waals surface area contributed by atoms with Crippen molar-refractivity contribution < 1.29 is 28.2 Å². The molecule has 0 radical (unpaired) electrons. The summed E-state index contributed by atoms with van der Waals surface area (Å²) in [7, 11) is 1.26. The van der Waals surface area contributed by atoms with Gasteiger partial charge in [-0.3, -0.25) is 14.7 Å². The summed E-state index contributed by atoms with van der Waals surface area (Å²) in [6.07, 6.45) is 1.78. The zero-order valence-electron chi connectivity index (χ0n) is 20.4. The van der Waals surface area contributed by atoms with E-state index < -0.39 is 41.4 Å². The summed E-state index contributed by atoms with van der Waals surface area (Å²) in [5.41, 5.74) is -2.87. The van der Waals surface area contributed by atoms with Crippen LogP contribution in [0.3, 0.4) is 0 Å². The van der Waals surface area contributed by atoms with Crippen molar-refractivity contribution in [3.05, 3.63) is 62.7 Å². The minimum atomic E-state index is -2.03. The topological polar surface area (TPSA) is 104 Å². The summed E-state index contributed by atoms with van der Waals surface area (Å²) < 4.78 is 36.8. The molecule has 4 heterocycles. The van der Waals surface area contributed by atoms with Gasteiger partial charge in [0.1, 0.15) is 6.04 Å². The number of halogens is 3. The first kappa shape index (κ1) is 25.4. The van der Waals surface area contributed by atoms with E-state index >= 15 is 8.78 Å². The van der Waals surface area contributed by atoms with Crippen LogP contribution in [0.1, 0.15) is 42.3 Å². The number of piperidine rings is 2. The van der Waals surface area contributed by atoms with Crippen LogP contribution in [-0.2, 0) is 14.3 Å². The lowest BCUT2D eigenvalue weighted by Gasteiger charge is -2.42. The predicted octanol–water partition coefficient (Wildman–Crippen LogP) is 4.07. The van der Waals surface area contributed by atoms with Crippen LogP contribution in [0.5, 0.6) is 0 Å². The number of thiazole rings is 1. The van der Waals surface area contributed by atoms with E-state index in [0.717, 1.165) is 0 Å². The fourth-order valence-electron chi connectivity index (χ4n) is 6.49. The molecule has 1 aromatic heterocycles. The number of carboxylic acids is 1. The number of nitrogens with zero attached hydrogens (tertiary/aromatic N) is 3. The number of amidine groups is 1. The molecular formula is C26H25ClF2N4O4S. The summed E-state index contributed by atoms with van der Waals surface area (Å²) in [4.78, 5) is 35.4. The molecule has 0 amide bonds. The number of hydrogen-bond acceptors (Lipinski definition) is 8. The molecule has 12 heteroatoms. The van der Waals surface area contributed by atoms with Gasteiger partial charge in [0.2, 0.25) is 0 Å². The van der Waals surface area contributed by atoms with Gasteiger partial charge in [0.25, 0.3) is 0 Å². The number of aliphatic imine (C=N–C) groups is 1. The Hall–Kier alpha value is -2.89. The SMILES string of the molecule is COC(=O)C1=C(CN2[C@H]3CC(CC(=O)O)C[C@@H]2C2(F)CC32F)NC(c2nccs2)=N[C@H]1c1ccccc1Cl. The number of carboxylic acid groups (broad SMARTS) is 1. The van der Waals surface area contributed by atoms with Crippen LogP contribution in [0, 0.1) is 5.92 Å². The highest BCUT2D eigenvalue weighted by Gasteiger charge is 2.85. The third kappa shape index (κ3) is 3.85. The normalized spacial score (nSPS) is 33.8. The standard InChI is InChI=1S/C26H25ClF2N4O4S/c1-37-24(36)20-16(11-33-17-8-13(10-19(34)35)9-18(33)26(29)12-25(17,26)28)31-22(23-30-6-7-38-23)32-21(20)14-4-2-3-5-15(14)27/h2-7,13,17-18,21H,8-12H2,1H3,(H,31,32)(H,34,35)/t13?,17-,18+,21-,25?,26?/m0/s1. The Bertz CT molecular complexity index is 1350. The fraction of sp³-hybridized carbons (Fsp3) is 0.462. The zero-order chi connectivity index (χ0) is 26.8. The molecule has 4 aliphatic rings. The van der Waals surface area contributed by atoms with E-state index in [2.05, 4.69) is 10.3 Å². The number of carbonyl (C=O) groups is 2. The molecule has 6 atom stereocenters. The van der Waals surface area contributed by atoms with Crippen molar-refractivity contribution in [1.82, 2.24) is 15.2 Å². The van der Waals surface area contributed by atoms with E-state index in [9.17, 15) is 14.7 Å². The Morgan fingerprint density at radius 3 is 2.58 bits per heavy atom. The first-order chi connectivity index (χ1) is 18.2. The van der Waals surface area contributed by atoms with Gasteiger partial charge in [0.05, 0.1) is 12.7 Å². The maximum Gasteiger partial charge on any atom is 0.338 e. The number of nitrogens with one attached hydrogen (secondary N) is 1. The van der Waals surface area contributed by atoms with E-state index in [1.807, 2.05) is 0 Å². The van der Waals surface area contributed by atoms with Gasteiger partial charge in [-0.1, -0.05) is 29.8 Å². The summed E-state index contributed by atoms with van der Waals surface area (Å²) in [6, 6.07) is 4.60. The molecule has 1 aliphatic carbocycles. The Morgan fingerprint density at radius 2 is 1.97 bits per heavy atom. The number of benzene rings is 1. The molecule has 3 unspecified atom stereocenters. The monoisotopic (exact) mass is 562 g/mol. The molecule has 0 spiro atoms. The van der Waals surface area contributed by atoms with Gasteiger partial charge < -0.3 is 15.2 Å². The summed E-state index contributed by atoms with van der Waals surface area (Å²) in [5, 5.41) is 15.3. The molecule has 6 rings (SSSR count). The number of ether oxygens (including phenoxy) is 1. The van der Waals surface area contributed by atoms with Crippen LogP contribution in [0.4, 0.5) is 8.78 Å². The number of hydrogen-bond donors (Lipinski definition) is 2. The molecule has 2 aromatic rings. The number of carbonyl (C=O) groups excluding carboxylic acids is 1.